The third kappa shape index (κ3) is 3.37. The molecule has 0 aliphatic carbocycles. The summed E-state index contributed by atoms with van der Waals surface area (Å²) in [7, 11) is 0. The smallest absolute Gasteiger partial charge is 0.139 e. The monoisotopic (exact) mass is 233 g/mol. The number of benzene rings is 1. The van der Waals surface area contributed by atoms with Crippen LogP contribution < -0.4 is 10.1 Å². The Hall–Kier alpha value is -0.440. The second kappa shape index (κ2) is 6.12. The van der Waals surface area contributed by atoms with Crippen molar-refractivity contribution in [1.29, 1.82) is 0 Å². The molecule has 0 heterocycles. The number of ether oxygens (including phenoxy) is 1. The molecule has 1 rings (SSSR count). The average Bonchev–Trinajstić information content (AvgIpc) is 2.19. The molecule has 0 saturated heterocycles. The second-order valence-corrected chi connectivity index (χ2v) is 3.54. The summed E-state index contributed by atoms with van der Waals surface area (Å²) in [6.07, 6.45) is 0. The Morgan fingerprint density at radius 2 is 2.14 bits per heavy atom. The largest absolute Gasteiger partial charge is 0.491 e. The van der Waals surface area contributed by atoms with Gasteiger partial charge in [-0.15, -0.1) is 0 Å². The predicted octanol–water partition coefficient (Wildman–Crippen LogP) is 2.98. The Morgan fingerprint density at radius 3 is 2.86 bits per heavy atom. The van der Waals surface area contributed by atoms with Gasteiger partial charge in [-0.05, 0) is 18.7 Å². The molecule has 0 spiro atoms. The highest BCUT2D eigenvalue weighted by Gasteiger charge is 2.04. The van der Waals surface area contributed by atoms with Crippen molar-refractivity contribution < 1.29 is 4.74 Å². The van der Waals surface area contributed by atoms with E-state index in [0.717, 1.165) is 13.1 Å². The van der Waals surface area contributed by atoms with Crippen LogP contribution in [0.15, 0.2) is 18.2 Å². The lowest BCUT2D eigenvalue weighted by Crippen LogP contribution is -2.20. The molecular weight excluding hydrogens is 221 g/mol. The van der Waals surface area contributed by atoms with Gasteiger partial charge in [-0.1, -0.05) is 36.2 Å². The van der Waals surface area contributed by atoms with E-state index in [1.165, 1.54) is 0 Å². The van der Waals surface area contributed by atoms with Crippen LogP contribution in [0.2, 0.25) is 10.0 Å². The minimum atomic E-state index is 0.477. The molecule has 0 aliphatic heterocycles. The number of likely N-dealkylation sites (N-methyl/N-ethyl adjacent to an activating group) is 1. The van der Waals surface area contributed by atoms with Crippen molar-refractivity contribution in [3.8, 4) is 5.75 Å². The van der Waals surface area contributed by atoms with E-state index in [2.05, 4.69) is 5.32 Å². The molecule has 0 saturated carbocycles. The number of nitrogens with one attached hydrogen (secondary N) is 1. The van der Waals surface area contributed by atoms with Crippen LogP contribution in [0, 0.1) is 0 Å². The van der Waals surface area contributed by atoms with Gasteiger partial charge in [-0.3, -0.25) is 0 Å². The zero-order chi connectivity index (χ0) is 10.4. The summed E-state index contributed by atoms with van der Waals surface area (Å²) in [5, 5.41) is 4.15. The van der Waals surface area contributed by atoms with Gasteiger partial charge < -0.3 is 10.1 Å². The van der Waals surface area contributed by atoms with Gasteiger partial charge in [0.2, 0.25) is 0 Å². The molecule has 78 valence electrons. The van der Waals surface area contributed by atoms with Crippen LogP contribution in [0.4, 0.5) is 0 Å². The zero-order valence-corrected chi connectivity index (χ0v) is 9.53. The Bertz CT molecular complexity index is 291. The Balaban J connectivity index is 2.46. The van der Waals surface area contributed by atoms with Crippen molar-refractivity contribution in [1.82, 2.24) is 5.32 Å². The number of rotatable bonds is 5. The molecule has 0 aliphatic rings. The molecule has 0 atom stereocenters. The maximum absolute atomic E-state index is 5.93. The molecule has 1 aromatic carbocycles. The molecule has 0 fully saturated rings. The average molecular weight is 234 g/mol. The molecule has 0 amide bonds. The van der Waals surface area contributed by atoms with Crippen LogP contribution >= 0.6 is 23.2 Å². The maximum atomic E-state index is 5.93. The van der Waals surface area contributed by atoms with Gasteiger partial charge >= 0.3 is 0 Å². The molecule has 0 radical (unpaired) electrons. The van der Waals surface area contributed by atoms with E-state index in [1.807, 2.05) is 13.0 Å². The quantitative estimate of drug-likeness (QED) is 0.791. The fraction of sp³-hybridized carbons (Fsp3) is 0.400. The fourth-order valence-electron chi connectivity index (χ4n) is 1.01. The molecule has 0 unspecified atom stereocenters. The van der Waals surface area contributed by atoms with Crippen LogP contribution in [0.3, 0.4) is 0 Å². The van der Waals surface area contributed by atoms with E-state index in [-0.39, 0.29) is 0 Å². The van der Waals surface area contributed by atoms with Crippen LogP contribution in [0.1, 0.15) is 6.92 Å². The van der Waals surface area contributed by atoms with Gasteiger partial charge in [0.1, 0.15) is 17.4 Å². The Labute approximate surface area is 94.2 Å². The van der Waals surface area contributed by atoms with Gasteiger partial charge in [-0.2, -0.15) is 0 Å². The lowest BCUT2D eigenvalue weighted by molar-refractivity contribution is 0.315. The van der Waals surface area contributed by atoms with Crippen LogP contribution in [0.5, 0.6) is 5.75 Å². The fourth-order valence-corrected chi connectivity index (χ4v) is 1.35. The molecule has 4 heteroatoms. The van der Waals surface area contributed by atoms with Gasteiger partial charge in [-0.25, -0.2) is 0 Å². The molecule has 2 nitrogen and oxygen atoms in total. The first-order valence-corrected chi connectivity index (χ1v) is 5.28. The first-order valence-electron chi connectivity index (χ1n) is 4.53. The highest BCUT2D eigenvalue weighted by molar-refractivity contribution is 6.42. The van der Waals surface area contributed by atoms with E-state index in [4.69, 9.17) is 27.9 Å². The summed E-state index contributed by atoms with van der Waals surface area (Å²) in [5.74, 6) is 0.636. The third-order valence-electron chi connectivity index (χ3n) is 1.70. The van der Waals surface area contributed by atoms with E-state index in [0.29, 0.717) is 22.4 Å². The van der Waals surface area contributed by atoms with Gasteiger partial charge in [0, 0.05) is 6.54 Å². The van der Waals surface area contributed by atoms with E-state index >= 15 is 0 Å². The summed E-state index contributed by atoms with van der Waals surface area (Å²) in [6.45, 7) is 4.38. The van der Waals surface area contributed by atoms with Crippen molar-refractivity contribution in [2.45, 2.75) is 6.92 Å². The first-order chi connectivity index (χ1) is 6.75. The number of hydrogen-bond donors (Lipinski definition) is 1. The maximum Gasteiger partial charge on any atom is 0.139 e. The van der Waals surface area contributed by atoms with Gasteiger partial charge in [0.25, 0.3) is 0 Å². The standard InChI is InChI=1S/C10H13Cl2NO/c1-2-13-6-7-14-9-5-3-4-8(11)10(9)12/h3-5,13H,2,6-7H2,1H3. The summed E-state index contributed by atoms with van der Waals surface area (Å²) >= 11 is 11.8. The summed E-state index contributed by atoms with van der Waals surface area (Å²) in [4.78, 5) is 0. The lowest BCUT2D eigenvalue weighted by Gasteiger charge is -2.08. The van der Waals surface area contributed by atoms with E-state index < -0.39 is 0 Å². The Kier molecular flexibility index (Phi) is 5.09. The normalized spacial score (nSPS) is 10.2. The minimum Gasteiger partial charge on any atom is -0.491 e. The lowest BCUT2D eigenvalue weighted by atomic mass is 10.3. The SMILES string of the molecule is CCNCCOc1cccc(Cl)c1Cl. The Morgan fingerprint density at radius 1 is 1.36 bits per heavy atom. The zero-order valence-electron chi connectivity index (χ0n) is 8.02. The van der Waals surface area contributed by atoms with E-state index in [9.17, 15) is 0 Å². The van der Waals surface area contributed by atoms with Crippen molar-refractivity contribution in [3.05, 3.63) is 28.2 Å². The number of halogens is 2. The molecular formula is C10H13Cl2NO. The molecule has 1 N–H and O–H groups in total. The molecule has 14 heavy (non-hydrogen) atoms. The van der Waals surface area contributed by atoms with Crippen LogP contribution in [-0.2, 0) is 0 Å². The summed E-state index contributed by atoms with van der Waals surface area (Å²) in [6, 6.07) is 5.36. The minimum absolute atomic E-state index is 0.477. The highest BCUT2D eigenvalue weighted by atomic mass is 35.5. The van der Waals surface area contributed by atoms with Crippen molar-refractivity contribution in [3.63, 3.8) is 0 Å². The topological polar surface area (TPSA) is 21.3 Å². The number of hydrogen-bond acceptors (Lipinski definition) is 2. The summed E-state index contributed by atoms with van der Waals surface area (Å²) in [5.41, 5.74) is 0. The van der Waals surface area contributed by atoms with Crippen LogP contribution in [-0.4, -0.2) is 19.7 Å². The predicted molar refractivity (Wildman–Crippen MR) is 60.5 cm³/mol. The van der Waals surface area contributed by atoms with Crippen molar-refractivity contribution in [2.75, 3.05) is 19.7 Å². The second-order valence-electron chi connectivity index (χ2n) is 2.75. The van der Waals surface area contributed by atoms with Crippen LogP contribution in [0.25, 0.3) is 0 Å². The van der Waals surface area contributed by atoms with Crippen molar-refractivity contribution in [2.24, 2.45) is 0 Å². The van der Waals surface area contributed by atoms with Gasteiger partial charge in [0.15, 0.2) is 0 Å². The molecule has 0 bridgehead atoms. The van der Waals surface area contributed by atoms with Gasteiger partial charge in [0.05, 0.1) is 5.02 Å². The third-order valence-corrected chi connectivity index (χ3v) is 2.50. The highest BCUT2D eigenvalue weighted by Crippen LogP contribution is 2.31. The molecule has 1 aromatic rings. The van der Waals surface area contributed by atoms with E-state index in [1.54, 1.807) is 12.1 Å². The molecule has 0 aromatic heterocycles. The first kappa shape index (κ1) is 11.6. The van der Waals surface area contributed by atoms with Crippen molar-refractivity contribution >= 4 is 23.2 Å². The summed E-state index contributed by atoms with van der Waals surface area (Å²) < 4.78 is 5.44.